The zero-order chi connectivity index (χ0) is 20.5. The van der Waals surface area contributed by atoms with E-state index in [0.29, 0.717) is 12.6 Å². The molecule has 158 valence electrons. The van der Waals surface area contributed by atoms with Crippen molar-refractivity contribution in [3.63, 3.8) is 0 Å². The molecule has 1 aliphatic heterocycles. The molecule has 1 saturated heterocycles. The number of guanidine groups is 1. The van der Waals surface area contributed by atoms with Crippen LogP contribution in [0.1, 0.15) is 38.8 Å². The summed E-state index contributed by atoms with van der Waals surface area (Å²) in [6, 6.07) is 8.82. The average molecular weight is 401 g/mol. The van der Waals surface area contributed by atoms with Crippen LogP contribution in [0.25, 0.3) is 5.69 Å². The zero-order valence-corrected chi connectivity index (χ0v) is 17.6. The Morgan fingerprint density at radius 1 is 1.17 bits per heavy atom. The van der Waals surface area contributed by atoms with Crippen molar-refractivity contribution in [2.24, 2.45) is 4.99 Å². The lowest BCUT2D eigenvalue weighted by molar-refractivity contribution is 0.206. The molecule has 0 saturated carbocycles. The summed E-state index contributed by atoms with van der Waals surface area (Å²) in [5, 5.41) is 11.5. The highest BCUT2D eigenvalue weighted by atomic mass is 19.1. The first-order valence-corrected chi connectivity index (χ1v) is 10.8. The van der Waals surface area contributed by atoms with Crippen LogP contribution < -0.4 is 10.6 Å². The highest BCUT2D eigenvalue weighted by molar-refractivity contribution is 5.80. The van der Waals surface area contributed by atoms with Crippen LogP contribution in [0.4, 0.5) is 4.39 Å². The molecule has 2 aromatic rings. The van der Waals surface area contributed by atoms with Crippen LogP contribution in [0.3, 0.4) is 0 Å². The SMILES string of the molecule is CCCN1CCC(NC(=NCCc2ccn(-c3ccc(F)cc3)n2)NCC)CC1. The fraction of sp³-hybridized carbons (Fsp3) is 0.545. The van der Waals surface area contributed by atoms with Crippen molar-refractivity contribution in [3.8, 4) is 5.69 Å². The normalized spacial score (nSPS) is 16.2. The molecular formula is C22H33FN6. The predicted octanol–water partition coefficient (Wildman–Crippen LogP) is 2.98. The van der Waals surface area contributed by atoms with Gasteiger partial charge in [-0.25, -0.2) is 9.07 Å². The lowest BCUT2D eigenvalue weighted by Gasteiger charge is -2.32. The number of piperidine rings is 1. The van der Waals surface area contributed by atoms with E-state index in [-0.39, 0.29) is 5.82 Å². The second kappa shape index (κ2) is 11.0. The van der Waals surface area contributed by atoms with Gasteiger partial charge in [-0.3, -0.25) is 4.99 Å². The number of benzene rings is 1. The molecular weight excluding hydrogens is 367 g/mol. The predicted molar refractivity (Wildman–Crippen MR) is 116 cm³/mol. The molecule has 0 unspecified atom stereocenters. The number of aliphatic imine (C=N–C) groups is 1. The number of aromatic nitrogens is 2. The first-order chi connectivity index (χ1) is 14.2. The summed E-state index contributed by atoms with van der Waals surface area (Å²) in [7, 11) is 0. The van der Waals surface area contributed by atoms with E-state index < -0.39 is 0 Å². The Morgan fingerprint density at radius 2 is 1.93 bits per heavy atom. The summed E-state index contributed by atoms with van der Waals surface area (Å²) in [4.78, 5) is 7.28. The van der Waals surface area contributed by atoms with Crippen LogP contribution in [0.2, 0.25) is 0 Å². The fourth-order valence-electron chi connectivity index (χ4n) is 3.65. The molecule has 0 radical (unpaired) electrons. The van der Waals surface area contributed by atoms with E-state index in [9.17, 15) is 4.39 Å². The fourth-order valence-corrected chi connectivity index (χ4v) is 3.65. The van der Waals surface area contributed by atoms with Gasteiger partial charge < -0.3 is 15.5 Å². The molecule has 1 aromatic carbocycles. The third kappa shape index (κ3) is 6.56. The lowest BCUT2D eigenvalue weighted by Crippen LogP contribution is -2.48. The molecule has 0 atom stereocenters. The van der Waals surface area contributed by atoms with E-state index >= 15 is 0 Å². The Bertz CT molecular complexity index is 762. The molecule has 2 heterocycles. The third-order valence-corrected chi connectivity index (χ3v) is 5.19. The van der Waals surface area contributed by atoms with Crippen LogP contribution in [0.15, 0.2) is 41.5 Å². The van der Waals surface area contributed by atoms with E-state index in [2.05, 4.69) is 34.5 Å². The minimum absolute atomic E-state index is 0.241. The minimum Gasteiger partial charge on any atom is -0.357 e. The summed E-state index contributed by atoms with van der Waals surface area (Å²) in [6.45, 7) is 9.36. The smallest absolute Gasteiger partial charge is 0.191 e. The number of likely N-dealkylation sites (tertiary alicyclic amines) is 1. The summed E-state index contributed by atoms with van der Waals surface area (Å²) >= 11 is 0. The van der Waals surface area contributed by atoms with Gasteiger partial charge in [0.05, 0.1) is 11.4 Å². The molecule has 1 aromatic heterocycles. The standard InChI is InChI=1S/C22H33FN6/c1-3-14-28-15-10-19(11-16-28)26-22(24-4-2)25-13-9-20-12-17-29(27-20)21-7-5-18(23)6-8-21/h5-8,12,17,19H,3-4,9-11,13-16H2,1-2H3,(H2,24,25,26). The Kier molecular flexibility index (Phi) is 8.04. The van der Waals surface area contributed by atoms with E-state index in [1.807, 2.05) is 12.3 Å². The average Bonchev–Trinajstić information content (AvgIpc) is 3.19. The van der Waals surface area contributed by atoms with Crippen LogP contribution in [-0.4, -0.2) is 59.4 Å². The number of rotatable bonds is 8. The molecule has 0 spiro atoms. The van der Waals surface area contributed by atoms with Crippen molar-refractivity contribution in [2.45, 2.75) is 45.6 Å². The van der Waals surface area contributed by atoms with Gasteiger partial charge in [0.15, 0.2) is 5.96 Å². The number of nitrogens with zero attached hydrogens (tertiary/aromatic N) is 4. The number of halogens is 1. The number of hydrogen-bond acceptors (Lipinski definition) is 3. The van der Waals surface area contributed by atoms with Crippen molar-refractivity contribution in [3.05, 3.63) is 48.0 Å². The van der Waals surface area contributed by atoms with Crippen molar-refractivity contribution < 1.29 is 4.39 Å². The molecule has 0 aliphatic carbocycles. The van der Waals surface area contributed by atoms with Gasteiger partial charge in [-0.15, -0.1) is 0 Å². The Labute approximate surface area is 173 Å². The molecule has 2 N–H and O–H groups in total. The van der Waals surface area contributed by atoms with Crippen LogP contribution >= 0.6 is 0 Å². The highest BCUT2D eigenvalue weighted by Gasteiger charge is 2.19. The van der Waals surface area contributed by atoms with E-state index in [4.69, 9.17) is 4.99 Å². The third-order valence-electron chi connectivity index (χ3n) is 5.19. The first-order valence-electron chi connectivity index (χ1n) is 10.8. The van der Waals surface area contributed by atoms with Gasteiger partial charge >= 0.3 is 0 Å². The molecule has 3 rings (SSSR count). The Balaban J connectivity index is 1.50. The molecule has 6 nitrogen and oxygen atoms in total. The van der Waals surface area contributed by atoms with Crippen LogP contribution in [-0.2, 0) is 6.42 Å². The molecule has 0 bridgehead atoms. The maximum atomic E-state index is 13.1. The van der Waals surface area contributed by atoms with Gasteiger partial charge in [-0.05, 0) is 63.1 Å². The zero-order valence-electron chi connectivity index (χ0n) is 17.6. The lowest BCUT2D eigenvalue weighted by atomic mass is 10.1. The summed E-state index contributed by atoms with van der Waals surface area (Å²) < 4.78 is 14.8. The molecule has 7 heteroatoms. The maximum absolute atomic E-state index is 13.1. The van der Waals surface area contributed by atoms with E-state index in [1.54, 1.807) is 16.8 Å². The first kappa shape index (κ1) is 21.3. The van der Waals surface area contributed by atoms with Gasteiger partial charge in [0.2, 0.25) is 0 Å². The van der Waals surface area contributed by atoms with Gasteiger partial charge in [-0.2, -0.15) is 5.10 Å². The van der Waals surface area contributed by atoms with E-state index in [1.165, 1.54) is 25.1 Å². The van der Waals surface area contributed by atoms with Crippen LogP contribution in [0, 0.1) is 5.82 Å². The second-order valence-electron chi connectivity index (χ2n) is 7.50. The number of hydrogen-bond donors (Lipinski definition) is 2. The number of nitrogens with one attached hydrogen (secondary N) is 2. The largest absolute Gasteiger partial charge is 0.357 e. The molecule has 1 aliphatic rings. The van der Waals surface area contributed by atoms with E-state index in [0.717, 1.165) is 56.2 Å². The maximum Gasteiger partial charge on any atom is 0.191 e. The van der Waals surface area contributed by atoms with Gasteiger partial charge in [0.1, 0.15) is 5.82 Å². The van der Waals surface area contributed by atoms with Gasteiger partial charge in [0, 0.05) is 44.8 Å². The topological polar surface area (TPSA) is 57.5 Å². The Morgan fingerprint density at radius 3 is 2.62 bits per heavy atom. The van der Waals surface area contributed by atoms with Crippen molar-refractivity contribution in [1.29, 1.82) is 0 Å². The summed E-state index contributed by atoms with van der Waals surface area (Å²) in [5.74, 6) is 0.648. The van der Waals surface area contributed by atoms with Gasteiger partial charge in [-0.1, -0.05) is 6.92 Å². The van der Waals surface area contributed by atoms with Crippen molar-refractivity contribution in [2.75, 3.05) is 32.7 Å². The Hall–Kier alpha value is -2.41. The van der Waals surface area contributed by atoms with Crippen molar-refractivity contribution in [1.82, 2.24) is 25.3 Å². The molecule has 1 fully saturated rings. The molecule has 29 heavy (non-hydrogen) atoms. The summed E-state index contributed by atoms with van der Waals surface area (Å²) in [5.41, 5.74) is 1.83. The highest BCUT2D eigenvalue weighted by Crippen LogP contribution is 2.11. The molecule has 0 amide bonds. The van der Waals surface area contributed by atoms with Crippen molar-refractivity contribution >= 4 is 5.96 Å². The second-order valence-corrected chi connectivity index (χ2v) is 7.50. The van der Waals surface area contributed by atoms with Gasteiger partial charge in [0.25, 0.3) is 0 Å². The minimum atomic E-state index is -0.241. The monoisotopic (exact) mass is 400 g/mol. The summed E-state index contributed by atoms with van der Waals surface area (Å²) in [6.07, 6.45) is 6.21. The van der Waals surface area contributed by atoms with Crippen LogP contribution in [0.5, 0.6) is 0 Å². The quantitative estimate of drug-likeness (QED) is 0.528.